The Morgan fingerprint density at radius 2 is 1.96 bits per heavy atom. The van der Waals surface area contributed by atoms with Gasteiger partial charge in [0.1, 0.15) is 0 Å². The maximum absolute atomic E-state index is 6.14. The first-order valence-corrected chi connectivity index (χ1v) is 8.98. The number of hydrogen-bond acceptors (Lipinski definition) is 3. The number of hydrogen-bond donors (Lipinski definition) is 1. The van der Waals surface area contributed by atoms with Crippen molar-refractivity contribution in [2.45, 2.75) is 13.3 Å². The normalized spacial score (nSPS) is 16.1. The van der Waals surface area contributed by atoms with E-state index in [4.69, 9.17) is 23.2 Å². The molecule has 23 heavy (non-hydrogen) atoms. The molecule has 2 aromatic carbocycles. The van der Waals surface area contributed by atoms with Crippen molar-refractivity contribution in [2.24, 2.45) is 10.1 Å². The molecule has 0 aliphatic carbocycles. The van der Waals surface area contributed by atoms with Gasteiger partial charge in [0.2, 0.25) is 0 Å². The molecule has 0 spiro atoms. The minimum Gasteiger partial charge on any atom is -0.255 e. The van der Waals surface area contributed by atoms with Gasteiger partial charge in [-0.2, -0.15) is 5.10 Å². The van der Waals surface area contributed by atoms with Gasteiger partial charge in [0.25, 0.3) is 0 Å². The fraction of sp³-hybridized carbons (Fsp3) is 0.176. The molecule has 2 aromatic rings. The number of amidine groups is 1. The molecule has 0 radical (unpaired) electrons. The largest absolute Gasteiger partial charge is 0.255 e. The van der Waals surface area contributed by atoms with E-state index in [0.717, 1.165) is 28.6 Å². The van der Waals surface area contributed by atoms with Gasteiger partial charge in [0.05, 0.1) is 16.4 Å². The Morgan fingerprint density at radius 1 is 1.17 bits per heavy atom. The first-order chi connectivity index (χ1) is 11.2. The van der Waals surface area contributed by atoms with Crippen LogP contribution < -0.4 is 5.43 Å². The van der Waals surface area contributed by atoms with E-state index in [2.05, 4.69) is 46.7 Å². The third kappa shape index (κ3) is 4.08. The van der Waals surface area contributed by atoms with E-state index in [0.29, 0.717) is 15.7 Å². The molecular formula is C17H15Cl2N3S. The highest BCUT2D eigenvalue weighted by Crippen LogP contribution is 2.29. The molecule has 1 heterocycles. The van der Waals surface area contributed by atoms with Crippen LogP contribution in [0.15, 0.2) is 52.6 Å². The first kappa shape index (κ1) is 16.4. The monoisotopic (exact) mass is 363 g/mol. The zero-order valence-electron chi connectivity index (χ0n) is 12.5. The second-order valence-corrected chi connectivity index (χ2v) is 6.83. The van der Waals surface area contributed by atoms with Crippen molar-refractivity contribution in [1.29, 1.82) is 0 Å². The van der Waals surface area contributed by atoms with E-state index in [1.165, 1.54) is 5.56 Å². The van der Waals surface area contributed by atoms with E-state index < -0.39 is 0 Å². The third-order valence-corrected chi connectivity index (χ3v) is 4.87. The van der Waals surface area contributed by atoms with Crippen LogP contribution >= 0.6 is 35.0 Å². The van der Waals surface area contributed by atoms with Crippen molar-refractivity contribution in [2.75, 3.05) is 5.75 Å². The van der Waals surface area contributed by atoms with Crippen molar-refractivity contribution in [1.82, 2.24) is 5.43 Å². The van der Waals surface area contributed by atoms with Crippen LogP contribution in [0.25, 0.3) is 0 Å². The Labute approximate surface area is 149 Å². The number of hydrazone groups is 1. The van der Waals surface area contributed by atoms with Crippen molar-refractivity contribution in [3.63, 3.8) is 0 Å². The maximum atomic E-state index is 6.14. The molecule has 1 N–H and O–H groups in total. The van der Waals surface area contributed by atoms with Crippen LogP contribution in [0, 0.1) is 0 Å². The summed E-state index contributed by atoms with van der Waals surface area (Å²) in [5, 5.41) is 6.27. The van der Waals surface area contributed by atoms with E-state index >= 15 is 0 Å². The van der Waals surface area contributed by atoms with Gasteiger partial charge in [0.15, 0.2) is 5.17 Å². The number of aryl methyl sites for hydroxylation is 1. The standard InChI is InChI=1S/C17H15Cl2N3S/c1-2-11-3-5-12(6-4-11)16-10-23-17(22-21-16)20-15-8-7-13(18)9-14(15)19/h3-9H,2,10H2,1H3,(H,20,22). The van der Waals surface area contributed by atoms with Crippen LogP contribution in [0.2, 0.25) is 10.0 Å². The molecule has 0 bridgehead atoms. The summed E-state index contributed by atoms with van der Waals surface area (Å²) in [7, 11) is 0. The van der Waals surface area contributed by atoms with Crippen LogP contribution in [0.3, 0.4) is 0 Å². The Morgan fingerprint density at radius 3 is 2.57 bits per heavy atom. The molecule has 3 rings (SSSR count). The number of nitrogens with zero attached hydrogens (tertiary/aromatic N) is 2. The molecule has 3 nitrogen and oxygen atoms in total. The molecule has 6 heteroatoms. The fourth-order valence-corrected chi connectivity index (χ4v) is 3.36. The molecular weight excluding hydrogens is 349 g/mol. The van der Waals surface area contributed by atoms with E-state index in [-0.39, 0.29) is 0 Å². The minimum atomic E-state index is 0.525. The highest BCUT2D eigenvalue weighted by molar-refractivity contribution is 8.14. The summed E-state index contributed by atoms with van der Waals surface area (Å²) >= 11 is 13.6. The van der Waals surface area contributed by atoms with Gasteiger partial charge in [-0.25, -0.2) is 4.99 Å². The van der Waals surface area contributed by atoms with Gasteiger partial charge in [-0.15, -0.1) is 0 Å². The quantitative estimate of drug-likeness (QED) is 0.804. The maximum Gasteiger partial charge on any atom is 0.182 e. The Hall–Kier alpha value is -1.49. The second-order valence-electron chi connectivity index (χ2n) is 5.02. The highest BCUT2D eigenvalue weighted by Gasteiger charge is 2.13. The molecule has 0 fully saturated rings. The van der Waals surface area contributed by atoms with Crippen molar-refractivity contribution in [3.05, 3.63) is 63.6 Å². The minimum absolute atomic E-state index is 0.525. The Bertz CT molecular complexity index is 770. The molecule has 0 atom stereocenters. The molecule has 0 unspecified atom stereocenters. The average Bonchev–Trinajstić information content (AvgIpc) is 2.58. The second kappa shape index (κ2) is 7.39. The van der Waals surface area contributed by atoms with E-state index in [9.17, 15) is 0 Å². The van der Waals surface area contributed by atoms with Crippen LogP contribution in [-0.4, -0.2) is 16.6 Å². The van der Waals surface area contributed by atoms with Crippen LogP contribution in [0.5, 0.6) is 0 Å². The summed E-state index contributed by atoms with van der Waals surface area (Å²) in [6, 6.07) is 13.7. The lowest BCUT2D eigenvalue weighted by Gasteiger charge is -2.15. The molecule has 0 aromatic heterocycles. The summed E-state index contributed by atoms with van der Waals surface area (Å²) in [6.07, 6.45) is 1.04. The van der Waals surface area contributed by atoms with Gasteiger partial charge in [-0.1, -0.05) is 66.2 Å². The highest BCUT2D eigenvalue weighted by atomic mass is 35.5. The molecule has 0 amide bonds. The molecule has 0 saturated carbocycles. The molecule has 0 saturated heterocycles. The lowest BCUT2D eigenvalue weighted by molar-refractivity contribution is 1.03. The Balaban J connectivity index is 1.75. The summed E-state index contributed by atoms with van der Waals surface area (Å²) in [4.78, 5) is 4.49. The molecule has 118 valence electrons. The summed E-state index contributed by atoms with van der Waals surface area (Å²) in [5.41, 5.74) is 7.14. The smallest absolute Gasteiger partial charge is 0.182 e. The number of rotatable bonds is 3. The van der Waals surface area contributed by atoms with Crippen LogP contribution in [-0.2, 0) is 6.42 Å². The van der Waals surface area contributed by atoms with Gasteiger partial charge < -0.3 is 0 Å². The Kier molecular flexibility index (Phi) is 5.26. The number of benzene rings is 2. The van der Waals surface area contributed by atoms with Crippen molar-refractivity contribution >= 4 is 51.5 Å². The zero-order valence-corrected chi connectivity index (χ0v) is 14.8. The number of nitrogens with one attached hydrogen (secondary N) is 1. The SMILES string of the molecule is CCc1ccc(C2=NNC(=Nc3ccc(Cl)cc3Cl)SC2)cc1. The number of halogens is 2. The van der Waals surface area contributed by atoms with Gasteiger partial charge >= 0.3 is 0 Å². The number of thioether (sulfide) groups is 1. The fourth-order valence-electron chi connectivity index (χ4n) is 2.14. The van der Waals surface area contributed by atoms with Gasteiger partial charge in [-0.3, -0.25) is 5.43 Å². The van der Waals surface area contributed by atoms with Gasteiger partial charge in [-0.05, 0) is 35.7 Å². The summed E-state index contributed by atoms with van der Waals surface area (Å²) in [6.45, 7) is 2.15. The predicted octanol–water partition coefficient (Wildman–Crippen LogP) is 5.28. The van der Waals surface area contributed by atoms with Gasteiger partial charge in [0, 0.05) is 10.8 Å². The molecule has 1 aliphatic heterocycles. The lowest BCUT2D eigenvalue weighted by Crippen LogP contribution is -2.25. The third-order valence-electron chi connectivity index (χ3n) is 3.46. The zero-order chi connectivity index (χ0) is 16.2. The number of aliphatic imine (C=N–C) groups is 1. The van der Waals surface area contributed by atoms with E-state index in [1.54, 1.807) is 30.0 Å². The molecule has 1 aliphatic rings. The van der Waals surface area contributed by atoms with Crippen molar-refractivity contribution < 1.29 is 0 Å². The van der Waals surface area contributed by atoms with E-state index in [1.807, 2.05) is 0 Å². The summed E-state index contributed by atoms with van der Waals surface area (Å²) < 4.78 is 0. The first-order valence-electron chi connectivity index (χ1n) is 7.24. The lowest BCUT2D eigenvalue weighted by atomic mass is 10.1. The topological polar surface area (TPSA) is 36.8 Å². The van der Waals surface area contributed by atoms with Crippen LogP contribution in [0.4, 0.5) is 5.69 Å². The van der Waals surface area contributed by atoms with Crippen LogP contribution in [0.1, 0.15) is 18.1 Å². The van der Waals surface area contributed by atoms with Crippen molar-refractivity contribution in [3.8, 4) is 0 Å². The predicted molar refractivity (Wildman–Crippen MR) is 102 cm³/mol. The summed E-state index contributed by atoms with van der Waals surface area (Å²) in [5.74, 6) is 0.766. The average molecular weight is 364 g/mol.